The highest BCUT2D eigenvalue weighted by Crippen LogP contribution is 2.52. The van der Waals surface area contributed by atoms with E-state index in [1.54, 1.807) is 18.2 Å². The van der Waals surface area contributed by atoms with Gasteiger partial charge in [0, 0.05) is 50.4 Å². The number of esters is 1. The van der Waals surface area contributed by atoms with Crippen LogP contribution in [0.2, 0.25) is 10.0 Å². The number of hydrogen-bond donors (Lipinski definition) is 1. The molecule has 2 aromatic carbocycles. The lowest BCUT2D eigenvalue weighted by Gasteiger charge is -2.57. The van der Waals surface area contributed by atoms with Gasteiger partial charge >= 0.3 is 5.97 Å². The SMILES string of the molecule is CC(=O)OC1C[C@H](N(CC(C)C)C(=O)Cc2ccc(Cl)c(Cl)c2)C[C@]2(c3cccc(O)c3)CCN(CC3CC3)C[C@@H]12. The number of likely N-dealkylation sites (tertiary alicyclic amines) is 1. The fraction of sp³-hybridized carbons (Fsp3) is 0.576. The summed E-state index contributed by atoms with van der Waals surface area (Å²) in [6, 6.07) is 12.8. The molecule has 4 atom stereocenters. The number of phenols is 1. The Bertz CT molecular complexity index is 1270. The summed E-state index contributed by atoms with van der Waals surface area (Å²) in [7, 11) is 0. The molecule has 2 aromatic rings. The van der Waals surface area contributed by atoms with Crippen LogP contribution in [0, 0.1) is 17.8 Å². The van der Waals surface area contributed by atoms with Crippen molar-refractivity contribution in [3.05, 3.63) is 63.6 Å². The first-order chi connectivity index (χ1) is 19.5. The Morgan fingerprint density at radius 2 is 1.93 bits per heavy atom. The molecule has 41 heavy (non-hydrogen) atoms. The van der Waals surface area contributed by atoms with Gasteiger partial charge in [0.05, 0.1) is 16.5 Å². The maximum absolute atomic E-state index is 14.0. The van der Waals surface area contributed by atoms with Crippen LogP contribution in [-0.4, -0.2) is 65.1 Å². The number of piperidine rings is 1. The number of rotatable bonds is 9. The first kappa shape index (κ1) is 30.2. The lowest BCUT2D eigenvalue weighted by molar-refractivity contribution is -0.161. The van der Waals surface area contributed by atoms with Gasteiger partial charge in [0.25, 0.3) is 0 Å². The molecule has 3 aliphatic rings. The number of phenolic OH excluding ortho intramolecular Hbond substituents is 1. The van der Waals surface area contributed by atoms with E-state index in [9.17, 15) is 14.7 Å². The van der Waals surface area contributed by atoms with Crippen LogP contribution in [0.25, 0.3) is 0 Å². The van der Waals surface area contributed by atoms with Gasteiger partial charge in [0.15, 0.2) is 0 Å². The van der Waals surface area contributed by atoms with Crippen LogP contribution in [0.1, 0.15) is 64.0 Å². The van der Waals surface area contributed by atoms with Crippen molar-refractivity contribution in [3.63, 3.8) is 0 Å². The van der Waals surface area contributed by atoms with E-state index in [4.69, 9.17) is 27.9 Å². The molecule has 0 spiro atoms. The second-order valence-corrected chi connectivity index (χ2v) is 13.7. The molecule has 222 valence electrons. The van der Waals surface area contributed by atoms with Gasteiger partial charge in [-0.05, 0) is 79.5 Å². The Balaban J connectivity index is 1.51. The van der Waals surface area contributed by atoms with Crippen LogP contribution in [0.5, 0.6) is 5.75 Å². The summed E-state index contributed by atoms with van der Waals surface area (Å²) in [6.07, 6.45) is 4.72. The lowest BCUT2D eigenvalue weighted by Crippen LogP contribution is -2.62. The van der Waals surface area contributed by atoms with Crippen molar-refractivity contribution in [3.8, 4) is 5.75 Å². The number of halogens is 2. The van der Waals surface area contributed by atoms with E-state index < -0.39 is 0 Å². The summed E-state index contributed by atoms with van der Waals surface area (Å²) in [5.41, 5.74) is 1.55. The number of benzene rings is 2. The van der Waals surface area contributed by atoms with E-state index in [-0.39, 0.29) is 53.4 Å². The smallest absolute Gasteiger partial charge is 0.302 e. The van der Waals surface area contributed by atoms with Gasteiger partial charge in [-0.2, -0.15) is 0 Å². The second-order valence-electron chi connectivity index (χ2n) is 12.9. The summed E-state index contributed by atoms with van der Waals surface area (Å²) < 4.78 is 6.12. The zero-order valence-corrected chi connectivity index (χ0v) is 25.8. The Labute approximate surface area is 253 Å². The van der Waals surface area contributed by atoms with Crippen molar-refractivity contribution >= 4 is 35.1 Å². The van der Waals surface area contributed by atoms with Gasteiger partial charge in [0.1, 0.15) is 11.9 Å². The average Bonchev–Trinajstić information content (AvgIpc) is 3.73. The highest BCUT2D eigenvalue weighted by molar-refractivity contribution is 6.42. The van der Waals surface area contributed by atoms with E-state index in [0.29, 0.717) is 23.0 Å². The van der Waals surface area contributed by atoms with Crippen LogP contribution >= 0.6 is 23.2 Å². The van der Waals surface area contributed by atoms with Gasteiger partial charge in [-0.3, -0.25) is 9.59 Å². The van der Waals surface area contributed by atoms with Crippen LogP contribution < -0.4 is 0 Å². The van der Waals surface area contributed by atoms with E-state index in [0.717, 1.165) is 49.5 Å². The van der Waals surface area contributed by atoms with E-state index in [2.05, 4.69) is 24.8 Å². The standard InChI is InChI=1S/C33H42Cl2N2O4/c1-21(2)18-37(32(40)14-24-9-10-29(34)30(35)13-24)26-16-31(41-22(3)38)28-20-36(19-23-7-8-23)12-11-33(28,17-26)25-5-4-6-27(39)15-25/h4-6,9-10,13,15,21,23,26,28,31,39H,7-8,11-12,14,16-20H2,1-3H3/t26-,28-,31?,33-/m0/s1. The predicted octanol–water partition coefficient (Wildman–Crippen LogP) is 6.49. The normalized spacial score (nSPS) is 26.4. The monoisotopic (exact) mass is 600 g/mol. The quantitative estimate of drug-likeness (QED) is 0.333. The molecule has 1 N–H and O–H groups in total. The van der Waals surface area contributed by atoms with Crippen molar-refractivity contribution in [2.24, 2.45) is 17.8 Å². The molecule has 2 saturated carbocycles. The van der Waals surface area contributed by atoms with Crippen molar-refractivity contribution in [1.29, 1.82) is 0 Å². The zero-order chi connectivity index (χ0) is 29.3. The highest BCUT2D eigenvalue weighted by Gasteiger charge is 2.55. The molecule has 6 nitrogen and oxygen atoms in total. The molecule has 1 aliphatic heterocycles. The number of carbonyl (C=O) groups excluding carboxylic acids is 2. The topological polar surface area (TPSA) is 70.1 Å². The van der Waals surface area contributed by atoms with E-state index >= 15 is 0 Å². The molecular formula is C33H42Cl2N2O4. The molecule has 5 rings (SSSR count). The molecule has 1 saturated heterocycles. The number of nitrogens with zero attached hydrogens (tertiary/aromatic N) is 2. The molecule has 1 amide bonds. The molecule has 0 radical (unpaired) electrons. The largest absolute Gasteiger partial charge is 0.508 e. The van der Waals surface area contributed by atoms with Crippen LogP contribution in [0.15, 0.2) is 42.5 Å². The number of carbonyl (C=O) groups is 2. The highest BCUT2D eigenvalue weighted by atomic mass is 35.5. The fourth-order valence-corrected chi connectivity index (χ4v) is 7.55. The second kappa shape index (κ2) is 12.5. The third-order valence-corrected chi connectivity index (χ3v) is 9.94. The Kier molecular flexibility index (Phi) is 9.22. The lowest BCUT2D eigenvalue weighted by atomic mass is 9.56. The summed E-state index contributed by atoms with van der Waals surface area (Å²) in [5, 5.41) is 11.4. The maximum Gasteiger partial charge on any atom is 0.302 e. The van der Waals surface area contributed by atoms with Gasteiger partial charge in [-0.15, -0.1) is 0 Å². The van der Waals surface area contributed by atoms with E-state index in [1.807, 2.05) is 23.1 Å². The Hall–Kier alpha value is -2.28. The Morgan fingerprint density at radius 3 is 2.59 bits per heavy atom. The summed E-state index contributed by atoms with van der Waals surface area (Å²) in [5.74, 6) is 1.07. The summed E-state index contributed by atoms with van der Waals surface area (Å²) in [4.78, 5) is 31.0. The number of fused-ring (bicyclic) bond motifs is 1. The van der Waals surface area contributed by atoms with Crippen LogP contribution in [0.4, 0.5) is 0 Å². The summed E-state index contributed by atoms with van der Waals surface area (Å²) >= 11 is 12.4. The number of amides is 1. The predicted molar refractivity (Wildman–Crippen MR) is 162 cm³/mol. The van der Waals surface area contributed by atoms with E-state index in [1.165, 1.54) is 19.8 Å². The first-order valence-electron chi connectivity index (χ1n) is 15.0. The van der Waals surface area contributed by atoms with Gasteiger partial charge in [-0.1, -0.05) is 55.2 Å². The average molecular weight is 602 g/mol. The first-order valence-corrected chi connectivity index (χ1v) is 15.7. The van der Waals surface area contributed by atoms with Gasteiger partial charge < -0.3 is 19.6 Å². The Morgan fingerprint density at radius 1 is 1.15 bits per heavy atom. The molecule has 1 heterocycles. The third-order valence-electron chi connectivity index (χ3n) is 9.21. The van der Waals surface area contributed by atoms with Crippen molar-refractivity contribution in [2.45, 2.75) is 76.9 Å². The fourth-order valence-electron chi connectivity index (χ4n) is 7.23. The molecule has 0 bridgehead atoms. The van der Waals surface area contributed by atoms with Crippen LogP contribution in [-0.2, 0) is 26.2 Å². The van der Waals surface area contributed by atoms with Crippen molar-refractivity contribution in [1.82, 2.24) is 9.80 Å². The third kappa shape index (κ3) is 7.03. The molecule has 8 heteroatoms. The zero-order valence-electron chi connectivity index (χ0n) is 24.3. The molecule has 1 unspecified atom stereocenters. The van der Waals surface area contributed by atoms with Gasteiger partial charge in [-0.25, -0.2) is 0 Å². The minimum absolute atomic E-state index is 0.0272. The number of ether oxygens (including phenoxy) is 1. The maximum atomic E-state index is 14.0. The number of hydrogen-bond acceptors (Lipinski definition) is 5. The minimum Gasteiger partial charge on any atom is -0.508 e. The van der Waals surface area contributed by atoms with Crippen LogP contribution in [0.3, 0.4) is 0 Å². The van der Waals surface area contributed by atoms with Gasteiger partial charge in [0.2, 0.25) is 5.91 Å². The molecular weight excluding hydrogens is 559 g/mol. The number of aromatic hydroxyl groups is 1. The van der Waals surface area contributed by atoms with Crippen molar-refractivity contribution < 1.29 is 19.4 Å². The minimum atomic E-state index is -0.332. The molecule has 3 fully saturated rings. The summed E-state index contributed by atoms with van der Waals surface area (Å²) in [6.45, 7) is 9.20. The molecule has 0 aromatic heterocycles. The molecule has 2 aliphatic carbocycles. The van der Waals surface area contributed by atoms with Crippen molar-refractivity contribution in [2.75, 3.05) is 26.2 Å².